The van der Waals surface area contributed by atoms with E-state index in [9.17, 15) is 0 Å². The second-order valence-electron chi connectivity index (χ2n) is 5.42. The monoisotopic (exact) mass is 287 g/mol. The van der Waals surface area contributed by atoms with Crippen LogP contribution in [0.25, 0.3) is 0 Å². The van der Waals surface area contributed by atoms with Crippen molar-refractivity contribution in [2.24, 2.45) is 0 Å². The SMILES string of the molecule is Cc1n[nH]c(C)c1CNC(C)c1ccc2c(c1)OCCO2. The number of aromatic nitrogens is 2. The van der Waals surface area contributed by atoms with Crippen LogP contribution in [-0.2, 0) is 6.54 Å². The third-order valence-corrected chi connectivity index (χ3v) is 3.93. The molecule has 112 valence electrons. The molecule has 5 heteroatoms. The molecule has 2 N–H and O–H groups in total. The minimum Gasteiger partial charge on any atom is -0.486 e. The second-order valence-corrected chi connectivity index (χ2v) is 5.42. The summed E-state index contributed by atoms with van der Waals surface area (Å²) in [4.78, 5) is 0. The van der Waals surface area contributed by atoms with Crippen molar-refractivity contribution in [2.75, 3.05) is 13.2 Å². The number of aromatic amines is 1. The number of aryl methyl sites for hydroxylation is 2. The van der Waals surface area contributed by atoms with Gasteiger partial charge in [-0.1, -0.05) is 6.07 Å². The molecule has 0 spiro atoms. The highest BCUT2D eigenvalue weighted by Gasteiger charge is 2.15. The topological polar surface area (TPSA) is 59.2 Å². The van der Waals surface area contributed by atoms with Crippen LogP contribution in [0.5, 0.6) is 11.5 Å². The van der Waals surface area contributed by atoms with Crippen LogP contribution in [0.3, 0.4) is 0 Å². The molecule has 2 aromatic rings. The first-order chi connectivity index (χ1) is 10.1. The molecule has 0 fully saturated rings. The Morgan fingerprint density at radius 3 is 2.71 bits per heavy atom. The van der Waals surface area contributed by atoms with Crippen molar-refractivity contribution in [3.63, 3.8) is 0 Å². The predicted molar refractivity (Wildman–Crippen MR) is 80.7 cm³/mol. The van der Waals surface area contributed by atoms with Gasteiger partial charge in [-0.2, -0.15) is 5.10 Å². The van der Waals surface area contributed by atoms with E-state index in [4.69, 9.17) is 9.47 Å². The highest BCUT2D eigenvalue weighted by molar-refractivity contribution is 5.44. The van der Waals surface area contributed by atoms with Crippen LogP contribution in [-0.4, -0.2) is 23.4 Å². The summed E-state index contributed by atoms with van der Waals surface area (Å²) < 4.78 is 11.2. The van der Waals surface area contributed by atoms with Gasteiger partial charge in [-0.25, -0.2) is 0 Å². The first-order valence-corrected chi connectivity index (χ1v) is 7.28. The smallest absolute Gasteiger partial charge is 0.161 e. The largest absolute Gasteiger partial charge is 0.486 e. The van der Waals surface area contributed by atoms with Gasteiger partial charge in [-0.05, 0) is 38.5 Å². The molecular formula is C16H21N3O2. The standard InChI is InChI=1S/C16H21N3O2/c1-10(17-9-14-11(2)18-19-12(14)3)13-4-5-15-16(8-13)21-7-6-20-15/h4-5,8,10,17H,6-7,9H2,1-3H3,(H,18,19). The fraction of sp³-hybridized carbons (Fsp3) is 0.438. The number of benzene rings is 1. The van der Waals surface area contributed by atoms with Gasteiger partial charge in [0.2, 0.25) is 0 Å². The molecule has 0 saturated heterocycles. The zero-order valence-corrected chi connectivity index (χ0v) is 12.7. The molecule has 1 aliphatic rings. The Kier molecular flexibility index (Phi) is 3.84. The fourth-order valence-corrected chi connectivity index (χ4v) is 2.54. The highest BCUT2D eigenvalue weighted by Crippen LogP contribution is 2.32. The van der Waals surface area contributed by atoms with Crippen LogP contribution in [0, 0.1) is 13.8 Å². The molecule has 1 aliphatic heterocycles. The van der Waals surface area contributed by atoms with Crippen LogP contribution < -0.4 is 14.8 Å². The van der Waals surface area contributed by atoms with Crippen LogP contribution in [0.2, 0.25) is 0 Å². The number of fused-ring (bicyclic) bond motifs is 1. The average Bonchev–Trinajstić information content (AvgIpc) is 2.83. The summed E-state index contributed by atoms with van der Waals surface area (Å²) in [5.74, 6) is 1.67. The maximum absolute atomic E-state index is 5.64. The molecule has 0 bridgehead atoms. The lowest BCUT2D eigenvalue weighted by atomic mass is 10.1. The summed E-state index contributed by atoms with van der Waals surface area (Å²) >= 11 is 0. The van der Waals surface area contributed by atoms with Crippen molar-refractivity contribution in [1.29, 1.82) is 0 Å². The number of rotatable bonds is 4. The predicted octanol–water partition coefficient (Wildman–Crippen LogP) is 2.65. The van der Waals surface area contributed by atoms with Gasteiger partial charge >= 0.3 is 0 Å². The van der Waals surface area contributed by atoms with E-state index in [1.165, 1.54) is 11.1 Å². The zero-order valence-electron chi connectivity index (χ0n) is 12.7. The van der Waals surface area contributed by atoms with Gasteiger partial charge in [0.1, 0.15) is 13.2 Å². The van der Waals surface area contributed by atoms with E-state index in [0.717, 1.165) is 29.4 Å². The van der Waals surface area contributed by atoms with Gasteiger partial charge in [0.25, 0.3) is 0 Å². The summed E-state index contributed by atoms with van der Waals surface area (Å²) in [7, 11) is 0. The van der Waals surface area contributed by atoms with Crippen molar-refractivity contribution in [1.82, 2.24) is 15.5 Å². The van der Waals surface area contributed by atoms with Crippen LogP contribution in [0.15, 0.2) is 18.2 Å². The number of hydrogen-bond donors (Lipinski definition) is 2. The van der Waals surface area contributed by atoms with Crippen molar-refractivity contribution >= 4 is 0 Å². The second kappa shape index (κ2) is 5.77. The number of nitrogens with one attached hydrogen (secondary N) is 2. The molecule has 0 saturated carbocycles. The summed E-state index contributed by atoms with van der Waals surface area (Å²) in [5.41, 5.74) is 4.60. The molecule has 0 aliphatic carbocycles. The van der Waals surface area contributed by atoms with Crippen molar-refractivity contribution in [3.05, 3.63) is 40.7 Å². The van der Waals surface area contributed by atoms with Crippen LogP contribution >= 0.6 is 0 Å². The lowest BCUT2D eigenvalue weighted by molar-refractivity contribution is 0.171. The van der Waals surface area contributed by atoms with Gasteiger partial charge < -0.3 is 14.8 Å². The van der Waals surface area contributed by atoms with Crippen LogP contribution in [0.4, 0.5) is 0 Å². The van der Waals surface area contributed by atoms with Crippen molar-refractivity contribution < 1.29 is 9.47 Å². The Morgan fingerprint density at radius 2 is 2.00 bits per heavy atom. The number of nitrogens with zero attached hydrogens (tertiary/aromatic N) is 1. The Hall–Kier alpha value is -2.01. The first-order valence-electron chi connectivity index (χ1n) is 7.28. The molecule has 3 rings (SSSR count). The molecule has 1 unspecified atom stereocenters. The summed E-state index contributed by atoms with van der Waals surface area (Å²) in [6.07, 6.45) is 0. The quantitative estimate of drug-likeness (QED) is 0.907. The maximum Gasteiger partial charge on any atom is 0.161 e. The molecule has 0 amide bonds. The molecule has 1 aromatic heterocycles. The number of H-pyrrole nitrogens is 1. The Morgan fingerprint density at radius 1 is 1.24 bits per heavy atom. The number of ether oxygens (including phenoxy) is 2. The third-order valence-electron chi connectivity index (χ3n) is 3.93. The summed E-state index contributed by atoms with van der Waals surface area (Å²) in [6, 6.07) is 6.35. The van der Waals surface area contributed by atoms with Gasteiger partial charge in [0.15, 0.2) is 11.5 Å². The lowest BCUT2D eigenvalue weighted by Crippen LogP contribution is -2.20. The molecular weight excluding hydrogens is 266 g/mol. The van der Waals surface area contributed by atoms with E-state index < -0.39 is 0 Å². The highest BCUT2D eigenvalue weighted by atomic mass is 16.6. The van der Waals surface area contributed by atoms with E-state index in [0.29, 0.717) is 13.2 Å². The Balaban J connectivity index is 1.69. The fourth-order valence-electron chi connectivity index (χ4n) is 2.54. The Bertz CT molecular complexity index is 617. The molecule has 0 radical (unpaired) electrons. The number of hydrogen-bond acceptors (Lipinski definition) is 4. The van der Waals surface area contributed by atoms with Gasteiger partial charge in [-0.3, -0.25) is 5.10 Å². The van der Waals surface area contributed by atoms with E-state index >= 15 is 0 Å². The third kappa shape index (κ3) is 2.88. The van der Waals surface area contributed by atoms with E-state index in [2.05, 4.69) is 34.6 Å². The summed E-state index contributed by atoms with van der Waals surface area (Å²) in [5, 5.41) is 10.8. The maximum atomic E-state index is 5.64. The summed E-state index contributed by atoms with van der Waals surface area (Å²) in [6.45, 7) is 8.26. The van der Waals surface area contributed by atoms with E-state index in [1.54, 1.807) is 0 Å². The molecule has 21 heavy (non-hydrogen) atoms. The molecule has 5 nitrogen and oxygen atoms in total. The molecule has 2 heterocycles. The first kappa shape index (κ1) is 13.9. The molecule has 1 aromatic carbocycles. The van der Waals surface area contributed by atoms with Crippen molar-refractivity contribution in [3.8, 4) is 11.5 Å². The average molecular weight is 287 g/mol. The lowest BCUT2D eigenvalue weighted by Gasteiger charge is -2.21. The minimum atomic E-state index is 0.231. The van der Waals surface area contributed by atoms with Gasteiger partial charge in [-0.15, -0.1) is 0 Å². The Labute approximate surface area is 124 Å². The van der Waals surface area contributed by atoms with Gasteiger partial charge in [0.05, 0.1) is 5.69 Å². The van der Waals surface area contributed by atoms with Crippen molar-refractivity contribution in [2.45, 2.75) is 33.4 Å². The van der Waals surface area contributed by atoms with Gasteiger partial charge in [0, 0.05) is 23.8 Å². The van der Waals surface area contributed by atoms with Crippen LogP contribution in [0.1, 0.15) is 35.5 Å². The minimum absolute atomic E-state index is 0.231. The zero-order chi connectivity index (χ0) is 14.8. The van der Waals surface area contributed by atoms with E-state index in [1.807, 2.05) is 19.9 Å². The molecule has 1 atom stereocenters. The normalized spacial score (nSPS) is 15.0. The van der Waals surface area contributed by atoms with E-state index in [-0.39, 0.29) is 6.04 Å².